The van der Waals surface area contributed by atoms with Gasteiger partial charge in [-0.05, 0) is 37.0 Å². The molecule has 4 heteroatoms. The van der Waals surface area contributed by atoms with Crippen LogP contribution in [0, 0.1) is 5.41 Å². The van der Waals surface area contributed by atoms with E-state index < -0.39 is 0 Å². The summed E-state index contributed by atoms with van der Waals surface area (Å²) in [7, 11) is 0. The first kappa shape index (κ1) is 15.5. The molecule has 1 fully saturated rings. The molecular formula is C16H26N2OS. The van der Waals surface area contributed by atoms with Gasteiger partial charge in [0.25, 0.3) is 0 Å². The molecule has 1 aromatic heterocycles. The van der Waals surface area contributed by atoms with Crippen LogP contribution in [0.2, 0.25) is 0 Å². The average molecular weight is 294 g/mol. The molecule has 1 aliphatic rings. The van der Waals surface area contributed by atoms with Crippen LogP contribution in [0.5, 0.6) is 0 Å². The highest BCUT2D eigenvalue weighted by molar-refractivity contribution is 7.17. The Balaban J connectivity index is 2.22. The molecule has 3 nitrogen and oxygen atoms in total. The highest BCUT2D eigenvalue weighted by Gasteiger charge is 2.36. The topological polar surface area (TPSA) is 33.2 Å². The minimum Gasteiger partial charge on any atom is -0.347 e. The second-order valence-corrected chi connectivity index (χ2v) is 7.06. The van der Waals surface area contributed by atoms with Gasteiger partial charge in [-0.1, -0.05) is 39.0 Å². The number of carbonyl (C=O) groups is 1. The Kier molecular flexibility index (Phi) is 4.84. The molecule has 0 bridgehead atoms. The van der Waals surface area contributed by atoms with E-state index in [0.717, 1.165) is 41.5 Å². The van der Waals surface area contributed by atoms with Gasteiger partial charge in [-0.3, -0.25) is 4.79 Å². The van der Waals surface area contributed by atoms with E-state index in [-0.39, 0.29) is 0 Å². The summed E-state index contributed by atoms with van der Waals surface area (Å²) in [6, 6.07) is 0. The highest BCUT2D eigenvalue weighted by Crippen LogP contribution is 2.41. The van der Waals surface area contributed by atoms with E-state index in [2.05, 4.69) is 32.6 Å². The second-order valence-electron chi connectivity index (χ2n) is 6.05. The van der Waals surface area contributed by atoms with E-state index in [1.165, 1.54) is 19.3 Å². The van der Waals surface area contributed by atoms with Gasteiger partial charge in [-0.25, -0.2) is 4.98 Å². The largest absolute Gasteiger partial charge is 0.347 e. The van der Waals surface area contributed by atoms with Gasteiger partial charge in [-0.2, -0.15) is 0 Å². The number of hydrogen-bond acceptors (Lipinski definition) is 4. The van der Waals surface area contributed by atoms with Gasteiger partial charge in [0.05, 0.1) is 10.6 Å². The first-order chi connectivity index (χ1) is 9.59. The Labute approximate surface area is 126 Å². The van der Waals surface area contributed by atoms with Crippen molar-refractivity contribution < 1.29 is 4.79 Å². The van der Waals surface area contributed by atoms with Crippen molar-refractivity contribution >= 4 is 22.8 Å². The standard InChI is InChI=1S/C16H26N2OS/c1-5-12(4)14-13(10-19)20-15(17-14)18-9-8-16(6-2,7-3)11-18/h10,12H,5-9,11H2,1-4H3. The summed E-state index contributed by atoms with van der Waals surface area (Å²) in [6.45, 7) is 11.0. The molecule has 1 aliphatic heterocycles. The van der Waals surface area contributed by atoms with E-state index in [0.29, 0.717) is 11.3 Å². The summed E-state index contributed by atoms with van der Waals surface area (Å²) < 4.78 is 0. The molecule has 0 aliphatic carbocycles. The number of aldehydes is 1. The number of aromatic nitrogens is 1. The van der Waals surface area contributed by atoms with Crippen LogP contribution < -0.4 is 4.90 Å². The lowest BCUT2D eigenvalue weighted by Crippen LogP contribution is -2.26. The smallest absolute Gasteiger partial charge is 0.186 e. The van der Waals surface area contributed by atoms with Gasteiger partial charge in [0, 0.05) is 13.1 Å². The number of rotatable bonds is 6. The van der Waals surface area contributed by atoms with Crippen molar-refractivity contribution in [2.24, 2.45) is 5.41 Å². The molecule has 0 radical (unpaired) electrons. The fraction of sp³-hybridized carbons (Fsp3) is 0.750. The van der Waals surface area contributed by atoms with Gasteiger partial charge >= 0.3 is 0 Å². The van der Waals surface area contributed by atoms with Crippen molar-refractivity contribution in [2.45, 2.75) is 59.3 Å². The van der Waals surface area contributed by atoms with Crippen LogP contribution in [-0.4, -0.2) is 24.4 Å². The molecule has 20 heavy (non-hydrogen) atoms. The maximum absolute atomic E-state index is 11.3. The highest BCUT2D eigenvalue weighted by atomic mass is 32.1. The Bertz CT molecular complexity index is 465. The van der Waals surface area contributed by atoms with Gasteiger partial charge in [0.15, 0.2) is 11.4 Å². The molecular weight excluding hydrogens is 268 g/mol. The van der Waals surface area contributed by atoms with Gasteiger partial charge in [0.1, 0.15) is 0 Å². The SMILES string of the molecule is CCC(C)c1nc(N2CCC(CC)(CC)C2)sc1C=O. The lowest BCUT2D eigenvalue weighted by molar-refractivity contribution is 0.112. The third kappa shape index (κ3) is 2.76. The van der Waals surface area contributed by atoms with Crippen LogP contribution in [0.25, 0.3) is 0 Å². The molecule has 0 saturated carbocycles. The minimum absolute atomic E-state index is 0.366. The zero-order valence-electron chi connectivity index (χ0n) is 13.1. The number of thiazole rings is 1. The summed E-state index contributed by atoms with van der Waals surface area (Å²) in [5, 5.41) is 1.05. The second kappa shape index (κ2) is 6.25. The van der Waals surface area contributed by atoms with Crippen LogP contribution >= 0.6 is 11.3 Å². The van der Waals surface area contributed by atoms with Crippen LogP contribution in [0.1, 0.15) is 74.7 Å². The Morgan fingerprint density at radius 1 is 1.40 bits per heavy atom. The predicted molar refractivity (Wildman–Crippen MR) is 86.1 cm³/mol. The third-order valence-electron chi connectivity index (χ3n) is 5.06. The van der Waals surface area contributed by atoms with Gasteiger partial charge in [-0.15, -0.1) is 0 Å². The number of hydrogen-bond donors (Lipinski definition) is 0. The molecule has 2 heterocycles. The van der Waals surface area contributed by atoms with Crippen molar-refractivity contribution in [3.8, 4) is 0 Å². The lowest BCUT2D eigenvalue weighted by atomic mass is 9.82. The van der Waals surface area contributed by atoms with Crippen molar-refractivity contribution in [1.29, 1.82) is 0 Å². The van der Waals surface area contributed by atoms with Crippen LogP contribution in [0.4, 0.5) is 5.13 Å². The van der Waals surface area contributed by atoms with E-state index in [4.69, 9.17) is 4.98 Å². The maximum Gasteiger partial charge on any atom is 0.186 e. The maximum atomic E-state index is 11.3. The monoisotopic (exact) mass is 294 g/mol. The fourth-order valence-electron chi connectivity index (χ4n) is 3.02. The zero-order chi connectivity index (χ0) is 14.8. The molecule has 1 unspecified atom stereocenters. The molecule has 1 saturated heterocycles. The minimum atomic E-state index is 0.366. The average Bonchev–Trinajstić information content (AvgIpc) is 3.10. The first-order valence-electron chi connectivity index (χ1n) is 7.80. The normalized spacial score (nSPS) is 19.3. The number of nitrogens with zero attached hydrogens (tertiary/aromatic N) is 2. The Morgan fingerprint density at radius 2 is 2.10 bits per heavy atom. The van der Waals surface area contributed by atoms with Crippen LogP contribution in [0.3, 0.4) is 0 Å². The lowest BCUT2D eigenvalue weighted by Gasteiger charge is -2.26. The first-order valence-corrected chi connectivity index (χ1v) is 8.61. The van der Waals surface area contributed by atoms with E-state index in [1.54, 1.807) is 11.3 Å². The molecule has 2 rings (SSSR count). The Hall–Kier alpha value is -0.900. The van der Waals surface area contributed by atoms with Crippen molar-refractivity contribution in [3.63, 3.8) is 0 Å². The summed E-state index contributed by atoms with van der Waals surface area (Å²) in [5.41, 5.74) is 1.44. The summed E-state index contributed by atoms with van der Waals surface area (Å²) in [6.07, 6.45) is 5.70. The number of anilines is 1. The van der Waals surface area contributed by atoms with E-state index in [9.17, 15) is 4.79 Å². The van der Waals surface area contributed by atoms with Crippen molar-refractivity contribution in [1.82, 2.24) is 4.98 Å². The molecule has 0 N–H and O–H groups in total. The molecule has 0 spiro atoms. The zero-order valence-corrected chi connectivity index (χ0v) is 13.9. The van der Waals surface area contributed by atoms with Crippen LogP contribution in [0.15, 0.2) is 0 Å². The third-order valence-corrected chi connectivity index (χ3v) is 6.12. The van der Waals surface area contributed by atoms with Gasteiger partial charge < -0.3 is 4.90 Å². The fourth-order valence-corrected chi connectivity index (χ4v) is 4.05. The van der Waals surface area contributed by atoms with Crippen molar-refractivity contribution in [3.05, 3.63) is 10.6 Å². The molecule has 112 valence electrons. The Morgan fingerprint density at radius 3 is 2.60 bits per heavy atom. The molecule has 1 atom stereocenters. The number of carbonyl (C=O) groups excluding carboxylic acids is 1. The summed E-state index contributed by atoms with van der Waals surface area (Å²) in [5.74, 6) is 0.366. The predicted octanol–water partition coefficient (Wildman–Crippen LogP) is 4.49. The van der Waals surface area contributed by atoms with Crippen molar-refractivity contribution in [2.75, 3.05) is 18.0 Å². The van der Waals surface area contributed by atoms with E-state index >= 15 is 0 Å². The van der Waals surface area contributed by atoms with E-state index in [1.807, 2.05) is 0 Å². The van der Waals surface area contributed by atoms with Gasteiger partial charge in [0.2, 0.25) is 0 Å². The summed E-state index contributed by atoms with van der Waals surface area (Å²) >= 11 is 1.57. The van der Waals surface area contributed by atoms with Crippen LogP contribution in [-0.2, 0) is 0 Å². The molecule has 1 aromatic rings. The molecule has 0 amide bonds. The molecule has 0 aromatic carbocycles. The quantitative estimate of drug-likeness (QED) is 0.725. The summed E-state index contributed by atoms with van der Waals surface area (Å²) in [4.78, 5) is 19.3.